The molecule has 1 aromatic heterocycles. The zero-order valence-electron chi connectivity index (χ0n) is 20.6. The standard InChI is InChI=1S/C30H32ClN3S/c1-22-7-14-28(15-8-22)32-30(35)34(18-16-25-9-12-27(31)13-10-25)21-29-5-4-17-33(29)20-26-11-6-23(2)19-24(26)3/h4-15,17,19H,16,18,20-21H2,1-3H3,(H,32,35). The maximum atomic E-state index is 6.08. The maximum Gasteiger partial charge on any atom is 0.173 e. The van der Waals surface area contributed by atoms with Crippen LogP contribution in [-0.4, -0.2) is 21.1 Å². The average Bonchev–Trinajstić information content (AvgIpc) is 3.27. The van der Waals surface area contributed by atoms with Crippen LogP contribution in [0.15, 0.2) is 85.1 Å². The van der Waals surface area contributed by atoms with Crippen molar-refractivity contribution in [2.75, 3.05) is 11.9 Å². The zero-order valence-corrected chi connectivity index (χ0v) is 22.2. The molecule has 3 nitrogen and oxygen atoms in total. The second kappa shape index (κ2) is 11.6. The second-order valence-electron chi connectivity index (χ2n) is 9.15. The van der Waals surface area contributed by atoms with Crippen molar-refractivity contribution < 1.29 is 0 Å². The van der Waals surface area contributed by atoms with Gasteiger partial charge in [0.2, 0.25) is 0 Å². The fourth-order valence-corrected chi connectivity index (χ4v) is 4.56. The van der Waals surface area contributed by atoms with E-state index >= 15 is 0 Å². The summed E-state index contributed by atoms with van der Waals surface area (Å²) in [7, 11) is 0. The number of nitrogens with one attached hydrogen (secondary N) is 1. The smallest absolute Gasteiger partial charge is 0.173 e. The monoisotopic (exact) mass is 501 g/mol. The summed E-state index contributed by atoms with van der Waals surface area (Å²) < 4.78 is 2.32. The molecular weight excluding hydrogens is 470 g/mol. The van der Waals surface area contributed by atoms with E-state index in [1.165, 1.54) is 33.5 Å². The first kappa shape index (κ1) is 25.0. The lowest BCUT2D eigenvalue weighted by atomic mass is 10.1. The summed E-state index contributed by atoms with van der Waals surface area (Å²) in [6, 6.07) is 27.4. The van der Waals surface area contributed by atoms with Gasteiger partial charge in [-0.3, -0.25) is 0 Å². The second-order valence-corrected chi connectivity index (χ2v) is 9.97. The lowest BCUT2D eigenvalue weighted by Crippen LogP contribution is -2.36. The van der Waals surface area contributed by atoms with Crippen LogP contribution in [0.4, 0.5) is 5.69 Å². The molecule has 1 heterocycles. The predicted molar refractivity (Wildman–Crippen MR) is 152 cm³/mol. The number of aryl methyl sites for hydroxylation is 3. The van der Waals surface area contributed by atoms with Crippen molar-refractivity contribution in [3.05, 3.63) is 124 Å². The lowest BCUT2D eigenvalue weighted by Gasteiger charge is -2.27. The van der Waals surface area contributed by atoms with Crippen molar-refractivity contribution >= 4 is 34.6 Å². The van der Waals surface area contributed by atoms with E-state index < -0.39 is 0 Å². The van der Waals surface area contributed by atoms with Crippen LogP contribution in [0.3, 0.4) is 0 Å². The molecule has 0 saturated carbocycles. The largest absolute Gasteiger partial charge is 0.345 e. The summed E-state index contributed by atoms with van der Waals surface area (Å²) >= 11 is 12.0. The number of rotatable bonds is 8. The van der Waals surface area contributed by atoms with Gasteiger partial charge in [-0.1, -0.05) is 65.2 Å². The molecule has 35 heavy (non-hydrogen) atoms. The fraction of sp³-hybridized carbons (Fsp3) is 0.233. The number of anilines is 1. The Labute approximate surface area is 219 Å². The van der Waals surface area contributed by atoms with Crippen molar-refractivity contribution in [1.29, 1.82) is 0 Å². The molecule has 0 atom stereocenters. The van der Waals surface area contributed by atoms with Gasteiger partial charge in [-0.15, -0.1) is 0 Å². The molecule has 0 radical (unpaired) electrons. The van der Waals surface area contributed by atoms with Crippen molar-refractivity contribution in [3.63, 3.8) is 0 Å². The molecule has 4 aromatic rings. The highest BCUT2D eigenvalue weighted by Crippen LogP contribution is 2.18. The van der Waals surface area contributed by atoms with Crippen LogP contribution in [0.1, 0.15) is 33.5 Å². The first-order valence-corrected chi connectivity index (χ1v) is 12.7. The van der Waals surface area contributed by atoms with E-state index in [-0.39, 0.29) is 0 Å². The first-order valence-electron chi connectivity index (χ1n) is 11.9. The molecule has 0 fully saturated rings. The summed E-state index contributed by atoms with van der Waals surface area (Å²) in [4.78, 5) is 2.25. The van der Waals surface area contributed by atoms with Gasteiger partial charge in [0, 0.05) is 35.7 Å². The highest BCUT2D eigenvalue weighted by atomic mass is 35.5. The van der Waals surface area contributed by atoms with Gasteiger partial charge in [0.15, 0.2) is 5.11 Å². The summed E-state index contributed by atoms with van der Waals surface area (Å²) in [5.41, 5.74) is 8.65. The van der Waals surface area contributed by atoms with Crippen LogP contribution in [-0.2, 0) is 19.5 Å². The van der Waals surface area contributed by atoms with Gasteiger partial charge in [-0.05, 0) is 92.5 Å². The summed E-state index contributed by atoms with van der Waals surface area (Å²) in [5.74, 6) is 0. The number of benzene rings is 3. The third-order valence-electron chi connectivity index (χ3n) is 6.29. The highest BCUT2D eigenvalue weighted by molar-refractivity contribution is 7.80. The van der Waals surface area contributed by atoms with Crippen LogP contribution < -0.4 is 5.32 Å². The molecule has 180 valence electrons. The van der Waals surface area contributed by atoms with Crippen LogP contribution in [0.5, 0.6) is 0 Å². The molecular formula is C30H32ClN3S. The Morgan fingerprint density at radius 3 is 2.34 bits per heavy atom. The van der Waals surface area contributed by atoms with Crippen LogP contribution in [0.25, 0.3) is 0 Å². The number of hydrogen-bond acceptors (Lipinski definition) is 1. The molecule has 5 heteroatoms. The molecule has 3 aromatic carbocycles. The van der Waals surface area contributed by atoms with Gasteiger partial charge in [0.1, 0.15) is 0 Å². The topological polar surface area (TPSA) is 20.2 Å². The minimum atomic E-state index is 0.724. The summed E-state index contributed by atoms with van der Waals surface area (Å²) in [5, 5.41) is 4.92. The molecule has 0 unspecified atom stereocenters. The molecule has 0 aliphatic heterocycles. The summed E-state index contributed by atoms with van der Waals surface area (Å²) in [6.07, 6.45) is 3.03. The maximum absolute atomic E-state index is 6.08. The van der Waals surface area contributed by atoms with Gasteiger partial charge < -0.3 is 14.8 Å². The lowest BCUT2D eigenvalue weighted by molar-refractivity contribution is 0.409. The number of thiocarbonyl (C=S) groups is 1. The Morgan fingerprint density at radius 1 is 0.914 bits per heavy atom. The van der Waals surface area contributed by atoms with Gasteiger partial charge in [0.25, 0.3) is 0 Å². The molecule has 0 amide bonds. The first-order chi connectivity index (χ1) is 16.9. The van der Waals surface area contributed by atoms with Crippen molar-refractivity contribution in [1.82, 2.24) is 9.47 Å². The van der Waals surface area contributed by atoms with Crippen molar-refractivity contribution in [2.45, 2.75) is 40.3 Å². The average molecular weight is 502 g/mol. The van der Waals surface area contributed by atoms with E-state index in [0.717, 1.165) is 41.9 Å². The number of aromatic nitrogens is 1. The van der Waals surface area contributed by atoms with Gasteiger partial charge >= 0.3 is 0 Å². The molecule has 1 N–H and O–H groups in total. The Morgan fingerprint density at radius 2 is 1.63 bits per heavy atom. The van der Waals surface area contributed by atoms with E-state index in [4.69, 9.17) is 23.8 Å². The van der Waals surface area contributed by atoms with Gasteiger partial charge in [-0.2, -0.15) is 0 Å². The summed E-state index contributed by atoms with van der Waals surface area (Å²) in [6.45, 7) is 8.78. The third kappa shape index (κ3) is 6.97. The number of halogens is 1. The Kier molecular flexibility index (Phi) is 8.27. The van der Waals surface area contributed by atoms with Crippen LogP contribution >= 0.6 is 23.8 Å². The molecule has 0 saturated heterocycles. The Bertz CT molecular complexity index is 1280. The predicted octanol–water partition coefficient (Wildman–Crippen LogP) is 7.56. The van der Waals surface area contributed by atoms with E-state index in [1.807, 2.05) is 12.1 Å². The molecule has 0 aliphatic carbocycles. The van der Waals surface area contributed by atoms with E-state index in [2.05, 4.69) is 108 Å². The Hall–Kier alpha value is -3.08. The zero-order chi connectivity index (χ0) is 24.8. The van der Waals surface area contributed by atoms with E-state index in [1.54, 1.807) is 0 Å². The third-order valence-corrected chi connectivity index (χ3v) is 6.90. The van der Waals surface area contributed by atoms with Crippen LogP contribution in [0, 0.1) is 20.8 Å². The van der Waals surface area contributed by atoms with Crippen LogP contribution in [0.2, 0.25) is 5.02 Å². The SMILES string of the molecule is Cc1ccc(NC(=S)N(CCc2ccc(Cl)cc2)Cc2cccn2Cc2ccc(C)cc2C)cc1. The van der Waals surface area contributed by atoms with Crippen molar-refractivity contribution in [2.24, 2.45) is 0 Å². The normalized spacial score (nSPS) is 10.9. The minimum Gasteiger partial charge on any atom is -0.345 e. The Balaban J connectivity index is 1.52. The number of hydrogen-bond donors (Lipinski definition) is 1. The van der Waals surface area contributed by atoms with Gasteiger partial charge in [-0.25, -0.2) is 0 Å². The molecule has 0 bridgehead atoms. The number of nitrogens with zero attached hydrogens (tertiary/aromatic N) is 2. The quantitative estimate of drug-likeness (QED) is 0.251. The minimum absolute atomic E-state index is 0.724. The van der Waals surface area contributed by atoms with Gasteiger partial charge in [0.05, 0.1) is 6.54 Å². The molecule has 0 aliphatic rings. The fourth-order valence-electron chi connectivity index (χ4n) is 4.16. The molecule has 0 spiro atoms. The van der Waals surface area contributed by atoms with E-state index in [0.29, 0.717) is 0 Å². The van der Waals surface area contributed by atoms with Crippen molar-refractivity contribution in [3.8, 4) is 0 Å². The highest BCUT2D eigenvalue weighted by Gasteiger charge is 2.14. The molecule has 4 rings (SSSR count). The van der Waals surface area contributed by atoms with E-state index in [9.17, 15) is 0 Å².